The fourth-order valence-corrected chi connectivity index (χ4v) is 1.31. The van der Waals surface area contributed by atoms with Crippen LogP contribution in [0.15, 0.2) is 0 Å². The molecule has 2 N–H and O–H groups in total. The number of hydrogen-bond donors (Lipinski definition) is 1. The maximum atomic E-state index is 11.4. The SMILES string of the molecule is CC(C)C.CC(N)C(=O)N1CCN(C)CC1. The Labute approximate surface area is 99.8 Å². The molecule has 0 aromatic carbocycles. The summed E-state index contributed by atoms with van der Waals surface area (Å²) in [4.78, 5) is 15.4. The number of likely N-dealkylation sites (N-methyl/N-ethyl adjacent to an activating group) is 1. The van der Waals surface area contributed by atoms with Crippen LogP contribution in [0.1, 0.15) is 27.7 Å². The van der Waals surface area contributed by atoms with Crippen molar-refractivity contribution in [3.63, 3.8) is 0 Å². The Kier molecular flexibility index (Phi) is 7.34. The third-order valence-electron chi connectivity index (χ3n) is 2.20. The molecule has 0 aliphatic carbocycles. The van der Waals surface area contributed by atoms with E-state index in [4.69, 9.17) is 5.73 Å². The molecule has 96 valence electrons. The van der Waals surface area contributed by atoms with Gasteiger partial charge in [0.25, 0.3) is 0 Å². The molecule has 0 saturated carbocycles. The summed E-state index contributed by atoms with van der Waals surface area (Å²) in [5.41, 5.74) is 5.50. The van der Waals surface area contributed by atoms with Gasteiger partial charge in [0.1, 0.15) is 0 Å². The number of carbonyl (C=O) groups is 1. The molecule has 1 fully saturated rings. The zero-order chi connectivity index (χ0) is 12.7. The Hall–Kier alpha value is -0.610. The van der Waals surface area contributed by atoms with Gasteiger partial charge in [-0.25, -0.2) is 0 Å². The summed E-state index contributed by atoms with van der Waals surface area (Å²) >= 11 is 0. The van der Waals surface area contributed by atoms with Gasteiger partial charge in [0, 0.05) is 26.2 Å². The van der Waals surface area contributed by atoms with Gasteiger partial charge in [-0.3, -0.25) is 4.79 Å². The molecule has 4 nitrogen and oxygen atoms in total. The van der Waals surface area contributed by atoms with E-state index in [0.717, 1.165) is 32.1 Å². The van der Waals surface area contributed by atoms with Gasteiger partial charge in [0.2, 0.25) is 5.91 Å². The van der Waals surface area contributed by atoms with Crippen LogP contribution < -0.4 is 5.73 Å². The summed E-state index contributed by atoms with van der Waals surface area (Å²) in [5, 5.41) is 0. The van der Waals surface area contributed by atoms with E-state index in [-0.39, 0.29) is 11.9 Å². The summed E-state index contributed by atoms with van der Waals surface area (Å²) in [5.74, 6) is 0.906. The number of amides is 1. The number of hydrogen-bond acceptors (Lipinski definition) is 3. The van der Waals surface area contributed by atoms with E-state index in [1.807, 2.05) is 4.90 Å². The highest BCUT2D eigenvalue weighted by Crippen LogP contribution is 2.00. The highest BCUT2D eigenvalue weighted by atomic mass is 16.2. The van der Waals surface area contributed by atoms with E-state index in [0.29, 0.717) is 0 Å². The minimum Gasteiger partial charge on any atom is -0.339 e. The molecule has 1 saturated heterocycles. The van der Waals surface area contributed by atoms with E-state index in [9.17, 15) is 4.79 Å². The van der Waals surface area contributed by atoms with Gasteiger partial charge in [0.05, 0.1) is 6.04 Å². The van der Waals surface area contributed by atoms with Crippen LogP contribution in [-0.4, -0.2) is 55.0 Å². The first-order valence-electron chi connectivity index (χ1n) is 6.07. The lowest BCUT2D eigenvalue weighted by atomic mass is 10.2. The molecule has 0 aromatic heterocycles. The molecule has 1 aliphatic heterocycles. The lowest BCUT2D eigenvalue weighted by molar-refractivity contribution is -0.133. The Balaban J connectivity index is 0.000000487. The van der Waals surface area contributed by atoms with Crippen LogP contribution >= 0.6 is 0 Å². The van der Waals surface area contributed by atoms with Gasteiger partial charge in [-0.2, -0.15) is 0 Å². The number of nitrogens with zero attached hydrogens (tertiary/aromatic N) is 2. The molecule has 0 radical (unpaired) electrons. The van der Waals surface area contributed by atoms with E-state index in [2.05, 4.69) is 32.7 Å². The lowest BCUT2D eigenvalue weighted by Gasteiger charge is -2.33. The first kappa shape index (κ1) is 15.4. The zero-order valence-corrected chi connectivity index (χ0v) is 11.4. The van der Waals surface area contributed by atoms with Crippen molar-refractivity contribution in [1.29, 1.82) is 0 Å². The zero-order valence-electron chi connectivity index (χ0n) is 11.4. The van der Waals surface area contributed by atoms with Crippen molar-refractivity contribution in [1.82, 2.24) is 9.80 Å². The average molecular weight is 229 g/mol. The topological polar surface area (TPSA) is 49.6 Å². The van der Waals surface area contributed by atoms with Gasteiger partial charge in [-0.15, -0.1) is 0 Å². The van der Waals surface area contributed by atoms with Crippen LogP contribution in [0.2, 0.25) is 0 Å². The number of nitrogens with two attached hydrogens (primary N) is 1. The van der Waals surface area contributed by atoms with Crippen LogP contribution in [-0.2, 0) is 4.79 Å². The normalized spacial score (nSPS) is 19.1. The van der Waals surface area contributed by atoms with Gasteiger partial charge in [-0.05, 0) is 19.9 Å². The van der Waals surface area contributed by atoms with Gasteiger partial charge in [-0.1, -0.05) is 20.8 Å². The highest BCUT2D eigenvalue weighted by Gasteiger charge is 2.20. The summed E-state index contributed by atoms with van der Waals surface area (Å²) in [7, 11) is 2.06. The number of piperazine rings is 1. The first-order chi connectivity index (χ1) is 7.34. The number of rotatable bonds is 1. The second-order valence-electron chi connectivity index (χ2n) is 5.15. The van der Waals surface area contributed by atoms with E-state index < -0.39 is 0 Å². The van der Waals surface area contributed by atoms with E-state index >= 15 is 0 Å². The van der Waals surface area contributed by atoms with Crippen LogP contribution in [0, 0.1) is 5.92 Å². The summed E-state index contributed by atoms with van der Waals surface area (Å²) in [6.45, 7) is 11.8. The van der Waals surface area contributed by atoms with Crippen LogP contribution in [0.25, 0.3) is 0 Å². The van der Waals surface area contributed by atoms with Crippen molar-refractivity contribution >= 4 is 5.91 Å². The maximum absolute atomic E-state index is 11.4. The van der Waals surface area contributed by atoms with Crippen LogP contribution in [0.4, 0.5) is 0 Å². The smallest absolute Gasteiger partial charge is 0.239 e. The molecule has 0 spiro atoms. The number of carbonyl (C=O) groups excluding carboxylic acids is 1. The van der Waals surface area contributed by atoms with Crippen LogP contribution in [0.5, 0.6) is 0 Å². The van der Waals surface area contributed by atoms with Crippen molar-refractivity contribution < 1.29 is 4.79 Å². The minimum atomic E-state index is -0.353. The molecular weight excluding hydrogens is 202 g/mol. The maximum Gasteiger partial charge on any atom is 0.239 e. The molecule has 0 bridgehead atoms. The Morgan fingerprint density at radius 3 is 1.75 bits per heavy atom. The van der Waals surface area contributed by atoms with Crippen molar-refractivity contribution in [2.75, 3.05) is 33.2 Å². The molecule has 1 rings (SSSR count). The summed E-state index contributed by atoms with van der Waals surface area (Å²) in [6.07, 6.45) is 0. The van der Waals surface area contributed by atoms with Crippen molar-refractivity contribution in [3.05, 3.63) is 0 Å². The Morgan fingerprint density at radius 1 is 1.06 bits per heavy atom. The van der Waals surface area contributed by atoms with Crippen molar-refractivity contribution in [2.45, 2.75) is 33.7 Å². The van der Waals surface area contributed by atoms with Gasteiger partial charge < -0.3 is 15.5 Å². The van der Waals surface area contributed by atoms with Gasteiger partial charge in [0.15, 0.2) is 0 Å². The highest BCUT2D eigenvalue weighted by molar-refractivity contribution is 5.81. The second-order valence-corrected chi connectivity index (χ2v) is 5.15. The minimum absolute atomic E-state index is 0.0723. The molecule has 16 heavy (non-hydrogen) atoms. The van der Waals surface area contributed by atoms with Gasteiger partial charge >= 0.3 is 0 Å². The van der Waals surface area contributed by atoms with Crippen molar-refractivity contribution in [2.24, 2.45) is 11.7 Å². The van der Waals surface area contributed by atoms with Crippen molar-refractivity contribution in [3.8, 4) is 0 Å². The standard InChI is InChI=1S/C8H17N3O.C4H10/c1-7(9)8(12)11-5-3-10(2)4-6-11;1-4(2)3/h7H,3-6,9H2,1-2H3;4H,1-3H3. The third-order valence-corrected chi connectivity index (χ3v) is 2.20. The third kappa shape index (κ3) is 6.80. The average Bonchev–Trinajstić information content (AvgIpc) is 2.17. The molecule has 4 heteroatoms. The summed E-state index contributed by atoms with van der Waals surface area (Å²) < 4.78 is 0. The predicted molar refractivity (Wildman–Crippen MR) is 68.2 cm³/mol. The largest absolute Gasteiger partial charge is 0.339 e. The molecular formula is C12H27N3O. The van der Waals surface area contributed by atoms with E-state index in [1.54, 1.807) is 6.92 Å². The molecule has 1 amide bonds. The van der Waals surface area contributed by atoms with Crippen LogP contribution in [0.3, 0.4) is 0 Å². The monoisotopic (exact) mass is 229 g/mol. The predicted octanol–water partition coefficient (Wildman–Crippen LogP) is 0.770. The fourth-order valence-electron chi connectivity index (χ4n) is 1.31. The fraction of sp³-hybridized carbons (Fsp3) is 0.917. The quantitative estimate of drug-likeness (QED) is 0.722. The molecule has 1 unspecified atom stereocenters. The molecule has 1 aliphatic rings. The molecule has 1 heterocycles. The lowest BCUT2D eigenvalue weighted by Crippen LogP contribution is -2.51. The first-order valence-corrected chi connectivity index (χ1v) is 6.07. The Bertz CT molecular complexity index is 194. The second kappa shape index (κ2) is 7.63. The molecule has 1 atom stereocenters. The summed E-state index contributed by atoms with van der Waals surface area (Å²) in [6, 6.07) is -0.353. The molecule has 0 aromatic rings. The van der Waals surface area contributed by atoms with E-state index in [1.165, 1.54) is 0 Å². The Morgan fingerprint density at radius 2 is 1.44 bits per heavy atom.